The summed E-state index contributed by atoms with van der Waals surface area (Å²) in [5.41, 5.74) is 8.10. The molecule has 3 fully saturated rings. The summed E-state index contributed by atoms with van der Waals surface area (Å²) in [6, 6.07) is 0.117. The number of fused-ring (bicyclic) bond motifs is 5. The molecule has 0 radical (unpaired) electrons. The van der Waals surface area contributed by atoms with Crippen molar-refractivity contribution >= 4 is 0 Å². The zero-order valence-corrected chi connectivity index (χ0v) is 13.4. The third-order valence-electron chi connectivity index (χ3n) is 7.65. The monoisotopic (exact) mass is 287 g/mol. The lowest BCUT2D eigenvalue weighted by atomic mass is 9.48. The van der Waals surface area contributed by atoms with Gasteiger partial charge < -0.3 is 10.8 Å². The van der Waals surface area contributed by atoms with Crippen LogP contribution < -0.4 is 5.73 Å². The number of aliphatic hydroxyl groups excluding tert-OH is 1. The number of allylic oxidation sites excluding steroid dienone is 2. The van der Waals surface area contributed by atoms with Crippen molar-refractivity contribution in [3.63, 3.8) is 0 Å². The van der Waals surface area contributed by atoms with Crippen molar-refractivity contribution in [2.45, 2.75) is 64.5 Å². The third-order valence-corrected chi connectivity index (χ3v) is 7.65. The normalized spacial score (nSPS) is 55.4. The Morgan fingerprint density at radius 2 is 1.95 bits per heavy atom. The Morgan fingerprint density at radius 1 is 1.14 bits per heavy atom. The molecule has 0 heterocycles. The number of rotatable bonds is 0. The highest BCUT2D eigenvalue weighted by Crippen LogP contribution is 2.64. The van der Waals surface area contributed by atoms with Crippen molar-refractivity contribution in [2.75, 3.05) is 0 Å². The molecule has 0 aromatic rings. The van der Waals surface area contributed by atoms with E-state index in [9.17, 15) is 5.11 Å². The molecule has 0 aromatic carbocycles. The highest BCUT2D eigenvalue weighted by molar-refractivity contribution is 5.34. The topological polar surface area (TPSA) is 46.2 Å². The summed E-state index contributed by atoms with van der Waals surface area (Å²) in [4.78, 5) is 0. The molecule has 4 aliphatic rings. The van der Waals surface area contributed by atoms with Gasteiger partial charge in [0.2, 0.25) is 0 Å². The lowest BCUT2D eigenvalue weighted by Gasteiger charge is -2.56. The van der Waals surface area contributed by atoms with Crippen LogP contribution in [0.3, 0.4) is 0 Å². The summed E-state index contributed by atoms with van der Waals surface area (Å²) in [5, 5.41) is 10.5. The van der Waals surface area contributed by atoms with Gasteiger partial charge in [-0.3, -0.25) is 0 Å². The molecule has 2 nitrogen and oxygen atoms in total. The second-order valence-corrected chi connectivity index (χ2v) is 8.46. The summed E-state index contributed by atoms with van der Waals surface area (Å²) in [5.74, 6) is 2.28. The van der Waals surface area contributed by atoms with E-state index in [4.69, 9.17) is 5.73 Å². The Hall–Kier alpha value is -0.600. The summed E-state index contributed by atoms with van der Waals surface area (Å²) in [6.45, 7) is 4.79. The van der Waals surface area contributed by atoms with Gasteiger partial charge in [-0.2, -0.15) is 0 Å². The summed E-state index contributed by atoms with van der Waals surface area (Å²) in [7, 11) is 0. The standard InChI is InChI=1S/C19H29NO/c1-18-9-7-13(20)11-12(18)3-4-14-15-5-6-17(21)19(15,2)10-8-16(14)18/h7,9,11,13-17,21H,3-6,8,10,20H2,1-2H3/t13-,14-,15-,16-,17-,18-,19-/m0/s1. The third kappa shape index (κ3) is 1.78. The van der Waals surface area contributed by atoms with Crippen LogP contribution in [0, 0.1) is 28.6 Å². The molecule has 0 unspecified atom stereocenters. The fourth-order valence-corrected chi connectivity index (χ4v) is 6.33. The fraction of sp³-hybridized carbons (Fsp3) is 0.789. The van der Waals surface area contributed by atoms with E-state index in [-0.39, 0.29) is 23.0 Å². The molecule has 0 aromatic heterocycles. The van der Waals surface area contributed by atoms with Crippen molar-refractivity contribution in [2.24, 2.45) is 34.3 Å². The van der Waals surface area contributed by atoms with Gasteiger partial charge in [0.25, 0.3) is 0 Å². The molecule has 0 amide bonds. The molecule has 3 saturated carbocycles. The first-order chi connectivity index (χ1) is 9.95. The van der Waals surface area contributed by atoms with E-state index in [0.29, 0.717) is 0 Å². The molecule has 4 aliphatic carbocycles. The Balaban J connectivity index is 1.69. The van der Waals surface area contributed by atoms with Crippen molar-refractivity contribution in [3.05, 3.63) is 23.8 Å². The van der Waals surface area contributed by atoms with Gasteiger partial charge >= 0.3 is 0 Å². The van der Waals surface area contributed by atoms with E-state index in [0.717, 1.165) is 24.2 Å². The molecule has 0 spiro atoms. The van der Waals surface area contributed by atoms with E-state index in [2.05, 4.69) is 32.1 Å². The first-order valence-electron chi connectivity index (χ1n) is 8.79. The van der Waals surface area contributed by atoms with Crippen LogP contribution in [0.15, 0.2) is 23.8 Å². The van der Waals surface area contributed by atoms with E-state index < -0.39 is 0 Å². The molecule has 3 N–H and O–H groups in total. The number of hydrogen-bond donors (Lipinski definition) is 2. The van der Waals surface area contributed by atoms with Crippen LogP contribution in [0.1, 0.15) is 52.4 Å². The Kier molecular flexibility index (Phi) is 2.97. The van der Waals surface area contributed by atoms with Crippen molar-refractivity contribution in [1.29, 1.82) is 0 Å². The minimum absolute atomic E-state index is 0.0662. The Bertz CT molecular complexity index is 510. The lowest BCUT2D eigenvalue weighted by molar-refractivity contribution is -0.0616. The predicted octanol–water partition coefficient (Wildman–Crippen LogP) is 3.41. The van der Waals surface area contributed by atoms with Crippen LogP contribution in [-0.4, -0.2) is 17.3 Å². The molecule has 7 atom stereocenters. The van der Waals surface area contributed by atoms with E-state index in [1.807, 2.05) is 0 Å². The van der Waals surface area contributed by atoms with Crippen molar-refractivity contribution in [1.82, 2.24) is 0 Å². The van der Waals surface area contributed by atoms with E-state index in [1.54, 1.807) is 5.57 Å². The quantitative estimate of drug-likeness (QED) is 0.671. The van der Waals surface area contributed by atoms with Gasteiger partial charge in [-0.05, 0) is 61.7 Å². The molecular weight excluding hydrogens is 258 g/mol. The van der Waals surface area contributed by atoms with Crippen LogP contribution in [0.4, 0.5) is 0 Å². The van der Waals surface area contributed by atoms with Gasteiger partial charge in [-0.15, -0.1) is 0 Å². The van der Waals surface area contributed by atoms with Crippen molar-refractivity contribution < 1.29 is 5.11 Å². The smallest absolute Gasteiger partial charge is 0.0596 e. The second kappa shape index (κ2) is 4.45. The van der Waals surface area contributed by atoms with E-state index >= 15 is 0 Å². The van der Waals surface area contributed by atoms with Crippen LogP contribution in [-0.2, 0) is 0 Å². The Morgan fingerprint density at radius 3 is 2.76 bits per heavy atom. The zero-order valence-electron chi connectivity index (χ0n) is 13.4. The minimum atomic E-state index is -0.0662. The number of aliphatic hydroxyl groups is 1. The summed E-state index contributed by atoms with van der Waals surface area (Å²) in [6.07, 6.45) is 14.1. The minimum Gasteiger partial charge on any atom is -0.393 e. The molecule has 116 valence electrons. The largest absolute Gasteiger partial charge is 0.393 e. The van der Waals surface area contributed by atoms with Gasteiger partial charge in [0.05, 0.1) is 6.10 Å². The predicted molar refractivity (Wildman–Crippen MR) is 85.6 cm³/mol. The first-order valence-corrected chi connectivity index (χ1v) is 8.79. The molecule has 4 rings (SSSR count). The molecular formula is C19H29NO. The fourth-order valence-electron chi connectivity index (χ4n) is 6.33. The summed E-state index contributed by atoms with van der Waals surface area (Å²) < 4.78 is 0. The molecule has 21 heavy (non-hydrogen) atoms. The number of hydrogen-bond acceptors (Lipinski definition) is 2. The maximum atomic E-state index is 10.5. The summed E-state index contributed by atoms with van der Waals surface area (Å²) >= 11 is 0. The lowest BCUT2D eigenvalue weighted by Crippen LogP contribution is -2.50. The van der Waals surface area contributed by atoms with Gasteiger partial charge in [0, 0.05) is 11.5 Å². The van der Waals surface area contributed by atoms with Crippen LogP contribution in [0.25, 0.3) is 0 Å². The molecule has 0 saturated heterocycles. The SMILES string of the molecule is C[C@]12CC[C@H]3[C@@H](CCC4=C[C@@H](N)C=C[C@@]43C)[C@@H]1CC[C@@H]2O. The molecule has 2 heteroatoms. The zero-order chi connectivity index (χ0) is 14.8. The molecule has 0 aliphatic heterocycles. The number of nitrogens with two attached hydrogens (primary N) is 1. The van der Waals surface area contributed by atoms with E-state index in [1.165, 1.54) is 32.1 Å². The average molecular weight is 287 g/mol. The van der Waals surface area contributed by atoms with Gasteiger partial charge in [-0.25, -0.2) is 0 Å². The van der Waals surface area contributed by atoms with Crippen LogP contribution in [0.2, 0.25) is 0 Å². The average Bonchev–Trinajstić information content (AvgIpc) is 2.76. The maximum Gasteiger partial charge on any atom is 0.0596 e. The van der Waals surface area contributed by atoms with Crippen LogP contribution in [0.5, 0.6) is 0 Å². The van der Waals surface area contributed by atoms with Gasteiger partial charge in [0.1, 0.15) is 0 Å². The van der Waals surface area contributed by atoms with Crippen LogP contribution >= 0.6 is 0 Å². The first kappa shape index (κ1) is 14.0. The molecule has 0 bridgehead atoms. The second-order valence-electron chi connectivity index (χ2n) is 8.46. The maximum absolute atomic E-state index is 10.5. The highest BCUT2D eigenvalue weighted by Gasteiger charge is 2.58. The van der Waals surface area contributed by atoms with Gasteiger partial charge in [-0.1, -0.05) is 37.6 Å². The highest BCUT2D eigenvalue weighted by atomic mass is 16.3. The van der Waals surface area contributed by atoms with Gasteiger partial charge in [0.15, 0.2) is 0 Å². The Labute approximate surface area is 128 Å². The van der Waals surface area contributed by atoms with Crippen molar-refractivity contribution in [3.8, 4) is 0 Å².